The number of aliphatic imine (C=N–C) groups is 1. The first-order chi connectivity index (χ1) is 15.3. The largest absolute Gasteiger partial charge is 0.508 e. The molecule has 2 aromatic rings. The standard InChI is InChI=1S/C25H25NO6/c1-13-22(25(29)30)23(15-5-4-6-17(27)9-15)24-18(26-13)10-16(11-19(24)28)14-7-8-20(31-2)21(12-14)32-3/h4-9,12,16,22-23,27H,10-11H2,1-3H3,(H,29,30). The van der Waals surface area contributed by atoms with Crippen LogP contribution in [0.25, 0.3) is 0 Å². The predicted octanol–water partition coefficient (Wildman–Crippen LogP) is 4.07. The van der Waals surface area contributed by atoms with E-state index in [1.165, 1.54) is 12.1 Å². The van der Waals surface area contributed by atoms with E-state index in [9.17, 15) is 19.8 Å². The van der Waals surface area contributed by atoms with Crippen LogP contribution in [0.1, 0.15) is 42.7 Å². The third-order valence-corrected chi connectivity index (χ3v) is 6.26. The Bertz CT molecular complexity index is 1150. The Labute approximate surface area is 186 Å². The molecule has 1 aliphatic carbocycles. The van der Waals surface area contributed by atoms with Gasteiger partial charge in [-0.15, -0.1) is 0 Å². The lowest BCUT2D eigenvalue weighted by Gasteiger charge is -2.36. The van der Waals surface area contributed by atoms with Crippen LogP contribution < -0.4 is 9.47 Å². The summed E-state index contributed by atoms with van der Waals surface area (Å²) in [4.78, 5) is 30.1. The Morgan fingerprint density at radius 3 is 2.44 bits per heavy atom. The second kappa shape index (κ2) is 8.49. The van der Waals surface area contributed by atoms with Crippen molar-refractivity contribution in [1.82, 2.24) is 0 Å². The molecule has 0 saturated heterocycles. The summed E-state index contributed by atoms with van der Waals surface area (Å²) in [5.41, 5.74) is 3.03. The lowest BCUT2D eigenvalue weighted by molar-refractivity contribution is -0.139. The quantitative estimate of drug-likeness (QED) is 0.734. The van der Waals surface area contributed by atoms with Crippen LogP contribution in [0.4, 0.5) is 0 Å². The number of methoxy groups -OCH3 is 2. The van der Waals surface area contributed by atoms with Gasteiger partial charge >= 0.3 is 5.97 Å². The molecule has 0 fully saturated rings. The van der Waals surface area contributed by atoms with Gasteiger partial charge in [0.15, 0.2) is 17.3 Å². The number of Topliss-reactive ketones (excluding diaryl/α,β-unsaturated/α-hetero) is 1. The number of hydrogen-bond acceptors (Lipinski definition) is 6. The highest BCUT2D eigenvalue weighted by molar-refractivity contribution is 6.08. The predicted molar refractivity (Wildman–Crippen MR) is 119 cm³/mol. The zero-order valence-electron chi connectivity index (χ0n) is 18.2. The van der Waals surface area contributed by atoms with Crippen molar-refractivity contribution in [2.75, 3.05) is 14.2 Å². The average Bonchev–Trinajstić information content (AvgIpc) is 2.77. The third-order valence-electron chi connectivity index (χ3n) is 6.26. The normalized spacial score (nSPS) is 22.8. The van der Waals surface area contributed by atoms with E-state index in [0.717, 1.165) is 5.56 Å². The van der Waals surface area contributed by atoms with E-state index in [-0.39, 0.29) is 23.9 Å². The molecule has 166 valence electrons. The van der Waals surface area contributed by atoms with Crippen LogP contribution in [0, 0.1) is 5.92 Å². The number of rotatable bonds is 5. The zero-order chi connectivity index (χ0) is 23.0. The Morgan fingerprint density at radius 2 is 1.78 bits per heavy atom. The van der Waals surface area contributed by atoms with Gasteiger partial charge in [0.05, 0.1) is 14.2 Å². The molecule has 7 heteroatoms. The van der Waals surface area contributed by atoms with Gasteiger partial charge in [-0.3, -0.25) is 14.6 Å². The summed E-state index contributed by atoms with van der Waals surface area (Å²) in [5.74, 6) is -1.70. The number of nitrogens with zero attached hydrogens (tertiary/aromatic N) is 1. The molecule has 32 heavy (non-hydrogen) atoms. The lowest BCUT2D eigenvalue weighted by Crippen LogP contribution is -2.37. The number of carboxylic acids is 1. The van der Waals surface area contributed by atoms with E-state index in [1.54, 1.807) is 33.3 Å². The number of ketones is 1. The summed E-state index contributed by atoms with van der Waals surface area (Å²) in [7, 11) is 3.13. The number of carboxylic acid groups (broad SMARTS) is 1. The summed E-state index contributed by atoms with van der Waals surface area (Å²) < 4.78 is 10.7. The van der Waals surface area contributed by atoms with Crippen molar-refractivity contribution in [3.05, 3.63) is 64.9 Å². The number of aliphatic carboxylic acids is 1. The van der Waals surface area contributed by atoms with Crippen LogP contribution in [0.3, 0.4) is 0 Å². The number of hydrogen-bond donors (Lipinski definition) is 2. The van der Waals surface area contributed by atoms with Crippen molar-refractivity contribution in [3.63, 3.8) is 0 Å². The Kier molecular flexibility index (Phi) is 5.74. The molecule has 1 heterocycles. The van der Waals surface area contributed by atoms with Crippen molar-refractivity contribution in [2.45, 2.75) is 31.6 Å². The van der Waals surface area contributed by atoms with Gasteiger partial charge in [-0.2, -0.15) is 0 Å². The summed E-state index contributed by atoms with van der Waals surface area (Å²) in [6.07, 6.45) is 0.750. The van der Waals surface area contributed by atoms with E-state index < -0.39 is 17.8 Å². The van der Waals surface area contributed by atoms with Crippen molar-refractivity contribution >= 4 is 17.5 Å². The zero-order valence-corrected chi connectivity index (χ0v) is 18.2. The van der Waals surface area contributed by atoms with Crippen LogP contribution >= 0.6 is 0 Å². The topological polar surface area (TPSA) is 105 Å². The van der Waals surface area contributed by atoms with Gasteiger partial charge in [0.1, 0.15) is 11.7 Å². The Balaban J connectivity index is 1.78. The summed E-state index contributed by atoms with van der Waals surface area (Å²) >= 11 is 0. The van der Waals surface area contributed by atoms with Crippen LogP contribution in [0.5, 0.6) is 17.2 Å². The van der Waals surface area contributed by atoms with E-state index in [4.69, 9.17) is 9.47 Å². The molecular formula is C25H25NO6. The van der Waals surface area contributed by atoms with Crippen LogP contribution in [-0.4, -0.2) is 41.9 Å². The summed E-state index contributed by atoms with van der Waals surface area (Å²) in [6.45, 7) is 1.68. The van der Waals surface area contributed by atoms with E-state index in [2.05, 4.69) is 4.99 Å². The smallest absolute Gasteiger partial charge is 0.313 e. The lowest BCUT2D eigenvalue weighted by atomic mass is 9.69. The second-order valence-electron chi connectivity index (χ2n) is 8.14. The minimum Gasteiger partial charge on any atom is -0.508 e. The highest BCUT2D eigenvalue weighted by atomic mass is 16.5. The fourth-order valence-corrected chi connectivity index (χ4v) is 4.80. The molecule has 4 rings (SSSR count). The minimum atomic E-state index is -1.04. The first-order valence-corrected chi connectivity index (χ1v) is 10.4. The summed E-state index contributed by atoms with van der Waals surface area (Å²) in [6, 6.07) is 12.0. The summed E-state index contributed by atoms with van der Waals surface area (Å²) in [5, 5.41) is 19.9. The molecule has 2 aliphatic rings. The molecule has 0 amide bonds. The van der Waals surface area contributed by atoms with Gasteiger partial charge < -0.3 is 19.7 Å². The maximum absolute atomic E-state index is 13.4. The van der Waals surface area contributed by atoms with Gasteiger partial charge in [0, 0.05) is 29.3 Å². The number of allylic oxidation sites excluding steroid dienone is 2. The SMILES string of the molecule is COc1ccc(C2CC(=O)C3=C(C2)N=C(C)C(C(=O)O)C3c2cccc(O)c2)cc1OC. The van der Waals surface area contributed by atoms with Crippen LogP contribution in [-0.2, 0) is 9.59 Å². The van der Waals surface area contributed by atoms with Crippen LogP contribution in [0.15, 0.2) is 58.7 Å². The van der Waals surface area contributed by atoms with Gasteiger partial charge in [-0.05, 0) is 54.7 Å². The van der Waals surface area contributed by atoms with Crippen molar-refractivity contribution in [3.8, 4) is 17.2 Å². The molecule has 7 nitrogen and oxygen atoms in total. The Morgan fingerprint density at radius 1 is 1.03 bits per heavy atom. The maximum Gasteiger partial charge on any atom is 0.313 e. The molecule has 2 aromatic carbocycles. The van der Waals surface area contributed by atoms with Gasteiger partial charge in [0.2, 0.25) is 0 Å². The molecule has 2 N–H and O–H groups in total. The number of phenolic OH excluding ortho intramolecular Hbond substituents is 1. The van der Waals surface area contributed by atoms with Gasteiger partial charge in [-0.1, -0.05) is 18.2 Å². The number of benzene rings is 2. The van der Waals surface area contributed by atoms with E-state index >= 15 is 0 Å². The van der Waals surface area contributed by atoms with Crippen molar-refractivity contribution < 1.29 is 29.3 Å². The highest BCUT2D eigenvalue weighted by Crippen LogP contribution is 2.47. The molecule has 1 aliphatic heterocycles. The van der Waals surface area contributed by atoms with E-state index in [0.29, 0.717) is 40.5 Å². The monoisotopic (exact) mass is 435 g/mol. The minimum absolute atomic E-state index is 0.0282. The number of phenols is 1. The van der Waals surface area contributed by atoms with Crippen molar-refractivity contribution in [2.24, 2.45) is 10.9 Å². The molecule has 0 aromatic heterocycles. The fourth-order valence-electron chi connectivity index (χ4n) is 4.80. The Hall–Kier alpha value is -3.61. The molecule has 0 saturated carbocycles. The fraction of sp³-hybridized carbons (Fsp3) is 0.320. The number of aromatic hydroxyl groups is 1. The number of ether oxygens (including phenoxy) is 2. The number of carbonyl (C=O) groups excluding carboxylic acids is 1. The van der Waals surface area contributed by atoms with Crippen molar-refractivity contribution in [1.29, 1.82) is 0 Å². The average molecular weight is 435 g/mol. The van der Waals surface area contributed by atoms with Crippen LogP contribution in [0.2, 0.25) is 0 Å². The molecule has 0 bridgehead atoms. The molecular weight excluding hydrogens is 410 g/mol. The molecule has 0 radical (unpaired) electrons. The van der Waals surface area contributed by atoms with Gasteiger partial charge in [0.25, 0.3) is 0 Å². The maximum atomic E-state index is 13.4. The number of carbonyl (C=O) groups is 2. The first-order valence-electron chi connectivity index (χ1n) is 10.4. The van der Waals surface area contributed by atoms with E-state index in [1.807, 2.05) is 18.2 Å². The molecule has 3 unspecified atom stereocenters. The second-order valence-corrected chi connectivity index (χ2v) is 8.14. The molecule has 0 spiro atoms. The van der Waals surface area contributed by atoms with Gasteiger partial charge in [-0.25, -0.2) is 0 Å². The molecule has 3 atom stereocenters. The third kappa shape index (κ3) is 3.75. The highest BCUT2D eigenvalue weighted by Gasteiger charge is 2.44. The first kappa shape index (κ1) is 21.6.